The molecule has 22 heavy (non-hydrogen) atoms. The molecule has 118 valence electrons. The molecule has 8 heteroatoms. The van der Waals surface area contributed by atoms with Crippen LogP contribution in [0.5, 0.6) is 11.5 Å². The second-order valence-corrected chi connectivity index (χ2v) is 5.75. The summed E-state index contributed by atoms with van der Waals surface area (Å²) in [5.74, 6) is 1.51. The molecule has 0 aliphatic rings. The maximum absolute atomic E-state index is 6.20. The zero-order valence-corrected chi connectivity index (χ0v) is 14.4. The summed E-state index contributed by atoms with van der Waals surface area (Å²) in [6, 6.07) is 3.32. The Balaban J connectivity index is 2.37. The maximum atomic E-state index is 6.20. The lowest BCUT2D eigenvalue weighted by Crippen LogP contribution is -1.96. The van der Waals surface area contributed by atoms with Gasteiger partial charge in [-0.25, -0.2) is 4.98 Å². The molecule has 2 rings (SSSR count). The molecule has 0 fully saturated rings. The van der Waals surface area contributed by atoms with Crippen molar-refractivity contribution in [2.45, 2.75) is 5.88 Å². The van der Waals surface area contributed by atoms with Gasteiger partial charge in [-0.15, -0.1) is 11.6 Å². The summed E-state index contributed by atoms with van der Waals surface area (Å²) in [6.07, 6.45) is 2.98. The van der Waals surface area contributed by atoms with E-state index in [9.17, 15) is 0 Å². The van der Waals surface area contributed by atoms with E-state index in [1.807, 2.05) is 0 Å². The van der Waals surface area contributed by atoms with Gasteiger partial charge < -0.3 is 13.9 Å². The number of aromatic nitrogens is 1. The first kappa shape index (κ1) is 17.3. The first-order valence-electron chi connectivity index (χ1n) is 6.07. The fraction of sp³-hybridized carbons (Fsp3) is 0.214. The highest BCUT2D eigenvalue weighted by Crippen LogP contribution is 2.39. The van der Waals surface area contributed by atoms with Crippen LogP contribution >= 0.6 is 46.4 Å². The van der Waals surface area contributed by atoms with Crippen LogP contribution in [0.15, 0.2) is 33.4 Å². The number of rotatable bonds is 6. The highest BCUT2D eigenvalue weighted by Gasteiger charge is 2.17. The fourth-order valence-electron chi connectivity index (χ4n) is 1.71. The summed E-state index contributed by atoms with van der Waals surface area (Å²) in [4.78, 5) is 4.25. The van der Waals surface area contributed by atoms with Gasteiger partial charge >= 0.3 is 0 Å². The maximum Gasteiger partial charge on any atom is 0.230 e. The summed E-state index contributed by atoms with van der Waals surface area (Å²) in [5.41, 5.74) is 1.17. The van der Waals surface area contributed by atoms with Crippen LogP contribution in [0, 0.1) is 0 Å². The van der Waals surface area contributed by atoms with Gasteiger partial charge in [0, 0.05) is 6.07 Å². The van der Waals surface area contributed by atoms with Crippen LogP contribution in [0.25, 0.3) is 11.5 Å². The van der Waals surface area contributed by atoms with Crippen molar-refractivity contribution >= 4 is 46.4 Å². The number of oxazole rings is 1. The molecule has 2 aromatic rings. The Hall–Kier alpha value is -1.07. The van der Waals surface area contributed by atoms with Gasteiger partial charge in [0.2, 0.25) is 5.89 Å². The number of methoxy groups -OCH3 is 1. The number of hydrogen-bond donors (Lipinski definition) is 0. The van der Waals surface area contributed by atoms with Crippen molar-refractivity contribution < 1.29 is 13.9 Å². The van der Waals surface area contributed by atoms with Gasteiger partial charge in [-0.1, -0.05) is 34.8 Å². The average molecular weight is 383 g/mol. The first-order valence-corrected chi connectivity index (χ1v) is 7.74. The lowest BCUT2D eigenvalue weighted by atomic mass is 10.2. The molecular formula is C14H11Cl4NO3. The van der Waals surface area contributed by atoms with Crippen molar-refractivity contribution in [1.82, 2.24) is 4.98 Å². The lowest BCUT2D eigenvalue weighted by molar-refractivity contribution is 0.361. The van der Waals surface area contributed by atoms with Gasteiger partial charge in [0.05, 0.1) is 29.3 Å². The van der Waals surface area contributed by atoms with Crippen LogP contribution in [-0.4, -0.2) is 18.7 Å². The van der Waals surface area contributed by atoms with Crippen LogP contribution in [0.1, 0.15) is 5.69 Å². The number of benzene rings is 1. The molecular weight excluding hydrogens is 372 g/mol. The molecule has 0 unspecified atom stereocenters. The third-order valence-corrected chi connectivity index (χ3v) is 3.49. The SMILES string of the molecule is COc1c(Cl)cc(OCC=C(Cl)Cl)cc1-c1nc(CCl)co1. The van der Waals surface area contributed by atoms with Gasteiger partial charge in [-0.2, -0.15) is 0 Å². The van der Waals surface area contributed by atoms with Crippen molar-refractivity contribution in [2.75, 3.05) is 13.7 Å². The Kier molecular flexibility index (Phi) is 6.26. The largest absolute Gasteiger partial charge is 0.494 e. The molecule has 0 radical (unpaired) electrons. The highest BCUT2D eigenvalue weighted by molar-refractivity contribution is 6.55. The van der Waals surface area contributed by atoms with Crippen LogP contribution in [-0.2, 0) is 5.88 Å². The molecule has 0 aliphatic heterocycles. The third-order valence-electron chi connectivity index (χ3n) is 2.63. The van der Waals surface area contributed by atoms with Crippen LogP contribution < -0.4 is 9.47 Å². The normalized spacial score (nSPS) is 10.4. The van der Waals surface area contributed by atoms with E-state index in [4.69, 9.17) is 60.3 Å². The summed E-state index contributed by atoms with van der Waals surface area (Å²) < 4.78 is 16.3. The number of hydrogen-bond acceptors (Lipinski definition) is 4. The second kappa shape index (κ2) is 7.97. The zero-order chi connectivity index (χ0) is 16.1. The second-order valence-electron chi connectivity index (χ2n) is 4.07. The minimum absolute atomic E-state index is 0.124. The minimum Gasteiger partial charge on any atom is -0.494 e. The van der Waals surface area contributed by atoms with Gasteiger partial charge in [0.1, 0.15) is 28.9 Å². The molecule has 4 nitrogen and oxygen atoms in total. The monoisotopic (exact) mass is 381 g/mol. The van der Waals surface area contributed by atoms with E-state index in [1.165, 1.54) is 19.4 Å². The van der Waals surface area contributed by atoms with Crippen LogP contribution in [0.2, 0.25) is 5.02 Å². The van der Waals surface area contributed by atoms with E-state index in [0.717, 1.165) is 0 Å². The summed E-state index contributed by atoms with van der Waals surface area (Å²) >= 11 is 23.0. The van der Waals surface area contributed by atoms with Crippen molar-refractivity contribution in [3.8, 4) is 23.0 Å². The van der Waals surface area contributed by atoms with E-state index in [-0.39, 0.29) is 17.0 Å². The Morgan fingerprint density at radius 1 is 1.36 bits per heavy atom. The number of halogens is 4. The number of ether oxygens (including phenoxy) is 2. The minimum atomic E-state index is 0.124. The van der Waals surface area contributed by atoms with E-state index in [2.05, 4.69) is 4.98 Å². The standard InChI is InChI=1S/C14H11Cl4NO3/c1-20-13-10(14-19-8(6-15)7-22-14)4-9(5-11(13)16)21-3-2-12(17)18/h2,4-5,7H,3,6H2,1H3. The summed E-state index contributed by atoms with van der Waals surface area (Å²) in [6.45, 7) is 0.197. The molecule has 0 saturated heterocycles. The summed E-state index contributed by atoms with van der Waals surface area (Å²) in [7, 11) is 1.51. The third kappa shape index (κ3) is 4.23. The van der Waals surface area contributed by atoms with Crippen molar-refractivity contribution in [2.24, 2.45) is 0 Å². The molecule has 0 bridgehead atoms. The van der Waals surface area contributed by atoms with E-state index >= 15 is 0 Å². The topological polar surface area (TPSA) is 44.5 Å². The number of alkyl halides is 1. The highest BCUT2D eigenvalue weighted by atomic mass is 35.5. The average Bonchev–Trinajstić information content (AvgIpc) is 2.95. The van der Waals surface area contributed by atoms with E-state index < -0.39 is 0 Å². The molecule has 0 N–H and O–H groups in total. The molecule has 1 aromatic heterocycles. The smallest absolute Gasteiger partial charge is 0.230 e. The molecule has 0 aliphatic carbocycles. The Morgan fingerprint density at radius 3 is 2.73 bits per heavy atom. The van der Waals surface area contributed by atoms with Gasteiger partial charge in [-0.3, -0.25) is 0 Å². The van der Waals surface area contributed by atoms with Gasteiger partial charge in [0.25, 0.3) is 0 Å². The number of nitrogens with zero attached hydrogens (tertiary/aromatic N) is 1. The fourth-order valence-corrected chi connectivity index (χ4v) is 2.25. The Bertz CT molecular complexity index is 681. The zero-order valence-electron chi connectivity index (χ0n) is 11.4. The van der Waals surface area contributed by atoms with Crippen molar-refractivity contribution in [1.29, 1.82) is 0 Å². The van der Waals surface area contributed by atoms with Crippen molar-refractivity contribution in [3.05, 3.63) is 39.7 Å². The molecule has 1 aromatic carbocycles. The quantitative estimate of drug-likeness (QED) is 0.624. The Morgan fingerprint density at radius 2 is 2.14 bits per heavy atom. The van der Waals surface area contributed by atoms with Gasteiger partial charge in [-0.05, 0) is 12.1 Å². The molecule has 0 amide bonds. The van der Waals surface area contributed by atoms with E-state index in [1.54, 1.807) is 12.1 Å². The predicted molar refractivity (Wildman–Crippen MR) is 88.3 cm³/mol. The predicted octanol–water partition coefficient (Wildman–Crippen LogP) is 5.44. The molecule has 0 atom stereocenters. The molecule has 1 heterocycles. The summed E-state index contributed by atoms with van der Waals surface area (Å²) in [5, 5.41) is 0.363. The van der Waals surface area contributed by atoms with Crippen LogP contribution in [0.3, 0.4) is 0 Å². The molecule has 0 saturated carbocycles. The van der Waals surface area contributed by atoms with Gasteiger partial charge in [0.15, 0.2) is 0 Å². The lowest BCUT2D eigenvalue weighted by Gasteiger charge is -2.11. The van der Waals surface area contributed by atoms with Crippen molar-refractivity contribution in [3.63, 3.8) is 0 Å². The first-order chi connectivity index (χ1) is 10.5. The Labute approximate surface area is 147 Å². The molecule has 0 spiro atoms. The van der Waals surface area contributed by atoms with Crippen LogP contribution in [0.4, 0.5) is 0 Å². The van der Waals surface area contributed by atoms with E-state index in [0.29, 0.717) is 33.7 Å².